The fraction of sp³-hybridized carbons (Fsp3) is 0.158. The van der Waals surface area contributed by atoms with Gasteiger partial charge in [0.2, 0.25) is 0 Å². The molecule has 0 bridgehead atoms. The molecule has 0 aliphatic carbocycles. The summed E-state index contributed by atoms with van der Waals surface area (Å²) < 4.78 is 4.84. The van der Waals surface area contributed by atoms with Gasteiger partial charge in [-0.05, 0) is 24.3 Å². The molecule has 3 rings (SSSR count). The Morgan fingerprint density at radius 2 is 1.59 bits per heavy atom. The van der Waals surface area contributed by atoms with Gasteiger partial charge in [-0.3, -0.25) is 34.2 Å². The molecule has 0 unspecified atom stereocenters. The number of rotatable bonds is 7. The van der Waals surface area contributed by atoms with Crippen LogP contribution in [-0.2, 0) is 14.3 Å². The molecule has 1 aliphatic rings. The number of amides is 3. The number of nitrogens with one attached hydrogen (secondary N) is 1. The van der Waals surface area contributed by atoms with E-state index in [9.17, 15) is 29.3 Å². The lowest BCUT2D eigenvalue weighted by atomic mass is 10.1. The van der Waals surface area contributed by atoms with E-state index in [0.29, 0.717) is 5.69 Å². The van der Waals surface area contributed by atoms with Gasteiger partial charge in [0.05, 0.1) is 22.5 Å². The van der Waals surface area contributed by atoms with Crippen LogP contribution in [0.4, 0.5) is 11.4 Å². The van der Waals surface area contributed by atoms with E-state index in [1.807, 2.05) is 0 Å². The number of hydrogen-bond acceptors (Lipinski definition) is 7. The van der Waals surface area contributed by atoms with Crippen LogP contribution >= 0.6 is 0 Å². The highest BCUT2D eigenvalue weighted by Crippen LogP contribution is 2.22. The van der Waals surface area contributed by atoms with Crippen molar-refractivity contribution in [3.8, 4) is 0 Å². The van der Waals surface area contributed by atoms with Crippen molar-refractivity contribution in [3.05, 3.63) is 69.8 Å². The molecule has 1 N–H and O–H groups in total. The molecule has 10 nitrogen and oxygen atoms in total. The monoisotopic (exact) mass is 397 g/mol. The number of non-ortho nitro benzene ring substituents is 1. The van der Waals surface area contributed by atoms with Crippen LogP contribution in [-0.4, -0.2) is 46.7 Å². The average molecular weight is 397 g/mol. The quantitative estimate of drug-likeness (QED) is 0.325. The summed E-state index contributed by atoms with van der Waals surface area (Å²) in [5.74, 6) is -2.34. The normalized spacial score (nSPS) is 12.5. The SMILES string of the molecule is O=C(COC(=O)CCN1C(=O)c2ccccc2C1=O)Nc1ccc([N+](=O)[O-])cc1. The molecule has 148 valence electrons. The second-order valence-corrected chi connectivity index (χ2v) is 6.07. The van der Waals surface area contributed by atoms with Gasteiger partial charge < -0.3 is 10.1 Å². The van der Waals surface area contributed by atoms with Gasteiger partial charge in [-0.2, -0.15) is 0 Å². The summed E-state index contributed by atoms with van der Waals surface area (Å²) in [4.78, 5) is 59.0. The van der Waals surface area contributed by atoms with E-state index >= 15 is 0 Å². The molecule has 0 fully saturated rings. The molecular formula is C19H15N3O7. The third-order valence-corrected chi connectivity index (χ3v) is 4.14. The number of ether oxygens (including phenoxy) is 1. The molecule has 3 amide bonds. The standard InChI is InChI=1S/C19H15N3O7/c23-16(20-12-5-7-13(8-6-12)22(27)28)11-29-17(24)9-10-21-18(25)14-3-1-2-4-15(14)19(21)26/h1-8H,9-11H2,(H,20,23). The number of nitro groups is 1. The van der Waals surface area contributed by atoms with Crippen LogP contribution < -0.4 is 5.32 Å². The van der Waals surface area contributed by atoms with E-state index in [1.165, 1.54) is 36.4 Å². The van der Waals surface area contributed by atoms with Crippen molar-refractivity contribution in [1.29, 1.82) is 0 Å². The number of carbonyl (C=O) groups is 4. The predicted molar refractivity (Wildman–Crippen MR) is 99.1 cm³/mol. The van der Waals surface area contributed by atoms with Crippen LogP contribution in [0.1, 0.15) is 27.1 Å². The van der Waals surface area contributed by atoms with Crippen LogP contribution in [0, 0.1) is 10.1 Å². The first-order chi connectivity index (χ1) is 13.9. The molecule has 0 atom stereocenters. The summed E-state index contributed by atoms with van der Waals surface area (Å²) in [6, 6.07) is 11.5. The van der Waals surface area contributed by atoms with Crippen LogP contribution in [0.3, 0.4) is 0 Å². The highest BCUT2D eigenvalue weighted by atomic mass is 16.6. The maximum atomic E-state index is 12.2. The molecule has 0 saturated heterocycles. The summed E-state index contributed by atoms with van der Waals surface area (Å²) in [6.07, 6.45) is -0.254. The molecule has 2 aromatic carbocycles. The van der Waals surface area contributed by atoms with Crippen LogP contribution in [0.25, 0.3) is 0 Å². The number of fused-ring (bicyclic) bond motifs is 1. The minimum atomic E-state index is -0.750. The minimum Gasteiger partial charge on any atom is -0.456 e. The summed E-state index contributed by atoms with van der Waals surface area (Å²) in [7, 11) is 0. The van der Waals surface area contributed by atoms with E-state index in [1.54, 1.807) is 12.1 Å². The third-order valence-electron chi connectivity index (χ3n) is 4.14. The van der Waals surface area contributed by atoms with Gasteiger partial charge >= 0.3 is 5.97 Å². The molecule has 0 aromatic heterocycles. The van der Waals surface area contributed by atoms with Gasteiger partial charge in [0, 0.05) is 24.4 Å². The van der Waals surface area contributed by atoms with Gasteiger partial charge in [0.15, 0.2) is 6.61 Å². The number of nitrogens with zero attached hydrogens (tertiary/aromatic N) is 2. The number of imide groups is 1. The Morgan fingerprint density at radius 1 is 1.00 bits per heavy atom. The fourth-order valence-electron chi connectivity index (χ4n) is 2.73. The summed E-state index contributed by atoms with van der Waals surface area (Å²) >= 11 is 0. The summed E-state index contributed by atoms with van der Waals surface area (Å²) in [5.41, 5.74) is 0.756. The zero-order valence-electron chi connectivity index (χ0n) is 15.0. The molecule has 1 heterocycles. The second-order valence-electron chi connectivity index (χ2n) is 6.07. The van der Waals surface area contributed by atoms with Crippen molar-refractivity contribution in [2.24, 2.45) is 0 Å². The Hall–Kier alpha value is -4.08. The third kappa shape index (κ3) is 4.43. The highest BCUT2D eigenvalue weighted by Gasteiger charge is 2.35. The minimum absolute atomic E-state index is 0.123. The Bertz CT molecular complexity index is 966. The van der Waals surface area contributed by atoms with Crippen molar-refractivity contribution in [2.75, 3.05) is 18.5 Å². The molecule has 0 spiro atoms. The van der Waals surface area contributed by atoms with Crippen molar-refractivity contribution in [3.63, 3.8) is 0 Å². The molecule has 29 heavy (non-hydrogen) atoms. The number of benzene rings is 2. The number of esters is 1. The van der Waals surface area contributed by atoms with Gasteiger partial charge in [-0.15, -0.1) is 0 Å². The molecule has 1 aliphatic heterocycles. The second kappa shape index (κ2) is 8.30. The van der Waals surface area contributed by atoms with E-state index in [-0.39, 0.29) is 29.8 Å². The van der Waals surface area contributed by atoms with Crippen molar-refractivity contribution in [2.45, 2.75) is 6.42 Å². The largest absolute Gasteiger partial charge is 0.456 e. The first kappa shape index (κ1) is 19.7. The Morgan fingerprint density at radius 3 is 2.14 bits per heavy atom. The average Bonchev–Trinajstić information content (AvgIpc) is 2.95. The lowest BCUT2D eigenvalue weighted by Crippen LogP contribution is -2.32. The van der Waals surface area contributed by atoms with E-state index in [4.69, 9.17) is 4.74 Å². The topological polar surface area (TPSA) is 136 Å². The van der Waals surface area contributed by atoms with Crippen molar-refractivity contribution in [1.82, 2.24) is 4.90 Å². The zero-order valence-corrected chi connectivity index (χ0v) is 15.0. The maximum Gasteiger partial charge on any atom is 0.308 e. The van der Waals surface area contributed by atoms with Crippen LogP contribution in [0.5, 0.6) is 0 Å². The number of carbonyl (C=O) groups excluding carboxylic acids is 4. The highest BCUT2D eigenvalue weighted by molar-refractivity contribution is 6.21. The lowest BCUT2D eigenvalue weighted by Gasteiger charge is -2.13. The lowest BCUT2D eigenvalue weighted by molar-refractivity contribution is -0.384. The maximum absolute atomic E-state index is 12.2. The first-order valence-electron chi connectivity index (χ1n) is 8.52. The number of anilines is 1. The summed E-state index contributed by atoms with van der Waals surface area (Å²) in [6.45, 7) is -0.729. The molecule has 0 saturated carbocycles. The van der Waals surface area contributed by atoms with Crippen molar-refractivity contribution < 1.29 is 28.8 Å². The number of hydrogen-bond donors (Lipinski definition) is 1. The number of nitro benzene ring substituents is 1. The molecule has 0 radical (unpaired) electrons. The molecule has 2 aromatic rings. The summed E-state index contributed by atoms with van der Waals surface area (Å²) in [5, 5.41) is 13.0. The van der Waals surface area contributed by atoms with E-state index in [2.05, 4.69) is 5.32 Å². The van der Waals surface area contributed by atoms with Gasteiger partial charge in [0.1, 0.15) is 0 Å². The first-order valence-corrected chi connectivity index (χ1v) is 8.52. The van der Waals surface area contributed by atoms with Crippen LogP contribution in [0.2, 0.25) is 0 Å². The molecule has 10 heteroatoms. The van der Waals surface area contributed by atoms with Gasteiger partial charge in [-0.25, -0.2) is 0 Å². The molecular weight excluding hydrogens is 382 g/mol. The van der Waals surface area contributed by atoms with E-state index < -0.39 is 35.2 Å². The Balaban J connectivity index is 1.44. The van der Waals surface area contributed by atoms with Crippen LogP contribution in [0.15, 0.2) is 48.5 Å². The Kier molecular flexibility index (Phi) is 5.63. The van der Waals surface area contributed by atoms with Gasteiger partial charge in [-0.1, -0.05) is 12.1 Å². The van der Waals surface area contributed by atoms with Gasteiger partial charge in [0.25, 0.3) is 23.4 Å². The smallest absolute Gasteiger partial charge is 0.308 e. The predicted octanol–water partition coefficient (Wildman–Crippen LogP) is 1.76. The fourth-order valence-corrected chi connectivity index (χ4v) is 2.73. The zero-order chi connectivity index (χ0) is 21.0. The van der Waals surface area contributed by atoms with E-state index in [0.717, 1.165) is 4.90 Å². The Labute approximate surface area is 164 Å². The van der Waals surface area contributed by atoms with Crippen molar-refractivity contribution >= 4 is 35.1 Å².